The number of nitrogens with one attached hydrogen (secondary N) is 1. The predicted molar refractivity (Wildman–Crippen MR) is 116 cm³/mol. The Morgan fingerprint density at radius 1 is 1.00 bits per heavy atom. The molecular weight excluding hydrogens is 393 g/mol. The number of aromatic nitrogens is 4. The highest BCUT2D eigenvalue weighted by molar-refractivity contribution is 5.96. The lowest BCUT2D eigenvalue weighted by Gasteiger charge is -2.24. The van der Waals surface area contributed by atoms with Crippen molar-refractivity contribution < 1.29 is 9.18 Å². The van der Waals surface area contributed by atoms with Gasteiger partial charge in [-0.2, -0.15) is 9.78 Å². The second kappa shape index (κ2) is 7.43. The van der Waals surface area contributed by atoms with E-state index in [-0.39, 0.29) is 24.1 Å². The van der Waals surface area contributed by atoms with Gasteiger partial charge in [0.05, 0.1) is 5.69 Å². The number of rotatable bonds is 3. The number of benzene rings is 2. The molecule has 7 heteroatoms. The van der Waals surface area contributed by atoms with Gasteiger partial charge in [-0.25, -0.2) is 14.4 Å². The Balaban J connectivity index is 1.79. The van der Waals surface area contributed by atoms with Gasteiger partial charge in [-0.1, -0.05) is 42.5 Å². The van der Waals surface area contributed by atoms with E-state index in [0.717, 1.165) is 28.1 Å². The van der Waals surface area contributed by atoms with Crippen molar-refractivity contribution in [2.75, 3.05) is 5.32 Å². The molecule has 6 nitrogen and oxygen atoms in total. The highest BCUT2D eigenvalue weighted by Gasteiger charge is 2.35. The van der Waals surface area contributed by atoms with E-state index < -0.39 is 0 Å². The van der Waals surface area contributed by atoms with Crippen molar-refractivity contribution >= 4 is 11.7 Å². The first-order valence-corrected chi connectivity index (χ1v) is 10.1. The van der Waals surface area contributed by atoms with Crippen molar-refractivity contribution in [1.29, 1.82) is 0 Å². The van der Waals surface area contributed by atoms with Crippen molar-refractivity contribution in [1.82, 2.24) is 19.7 Å². The summed E-state index contributed by atoms with van der Waals surface area (Å²) < 4.78 is 15.6. The van der Waals surface area contributed by atoms with Crippen molar-refractivity contribution in [3.05, 3.63) is 89.0 Å². The fraction of sp³-hybridized carbons (Fsp3) is 0.167. The number of amides is 1. The molecule has 1 aliphatic rings. The van der Waals surface area contributed by atoms with E-state index >= 15 is 0 Å². The molecular formula is C24H20FN5O. The standard InChI is InChI=1S/C24H20FN5O/c1-14-11-15(2)27-24(26-14)30-23-21(22(29-30)16-7-4-3-5-8-16)19(13-20(31)28-23)17-9-6-10-18(25)12-17/h3-12,19H,13H2,1-2H3,(H,28,31)/t19-/m1/s1. The van der Waals surface area contributed by atoms with Crippen LogP contribution < -0.4 is 5.32 Å². The lowest BCUT2D eigenvalue weighted by atomic mass is 9.84. The van der Waals surface area contributed by atoms with Crippen LogP contribution in [0.1, 0.15) is 34.9 Å². The van der Waals surface area contributed by atoms with Gasteiger partial charge in [-0.05, 0) is 37.6 Å². The van der Waals surface area contributed by atoms with Gasteiger partial charge in [-0.3, -0.25) is 4.79 Å². The third-order valence-electron chi connectivity index (χ3n) is 5.38. The maximum Gasteiger partial charge on any atom is 0.252 e. The van der Waals surface area contributed by atoms with Gasteiger partial charge in [-0.15, -0.1) is 0 Å². The van der Waals surface area contributed by atoms with Crippen LogP contribution in [0.5, 0.6) is 0 Å². The zero-order valence-corrected chi connectivity index (χ0v) is 17.1. The molecule has 1 atom stereocenters. The minimum absolute atomic E-state index is 0.160. The van der Waals surface area contributed by atoms with Crippen LogP contribution in [0.4, 0.5) is 10.2 Å². The second-order valence-corrected chi connectivity index (χ2v) is 7.70. The number of halogens is 1. The number of hydrogen-bond acceptors (Lipinski definition) is 4. The van der Waals surface area contributed by atoms with Gasteiger partial charge in [0.1, 0.15) is 11.6 Å². The van der Waals surface area contributed by atoms with Crippen LogP contribution in [-0.4, -0.2) is 25.7 Å². The molecule has 1 amide bonds. The summed E-state index contributed by atoms with van der Waals surface area (Å²) in [6.45, 7) is 3.78. The van der Waals surface area contributed by atoms with Gasteiger partial charge >= 0.3 is 0 Å². The first kappa shape index (κ1) is 19.1. The monoisotopic (exact) mass is 413 g/mol. The molecule has 1 N–H and O–H groups in total. The first-order chi connectivity index (χ1) is 15.0. The third-order valence-corrected chi connectivity index (χ3v) is 5.38. The minimum atomic E-state index is -0.339. The fourth-order valence-electron chi connectivity index (χ4n) is 4.11. The van der Waals surface area contributed by atoms with Crippen molar-refractivity contribution in [2.24, 2.45) is 0 Å². The largest absolute Gasteiger partial charge is 0.310 e. The normalized spacial score (nSPS) is 15.5. The summed E-state index contributed by atoms with van der Waals surface area (Å²) in [5, 5.41) is 7.79. The molecule has 0 unspecified atom stereocenters. The highest BCUT2D eigenvalue weighted by Crippen LogP contribution is 2.43. The fourth-order valence-corrected chi connectivity index (χ4v) is 4.11. The Labute approximate surface area is 178 Å². The molecule has 1 aliphatic heterocycles. The molecule has 0 radical (unpaired) electrons. The number of carbonyl (C=O) groups is 1. The average Bonchev–Trinajstić information content (AvgIpc) is 3.12. The highest BCUT2D eigenvalue weighted by atomic mass is 19.1. The molecule has 154 valence electrons. The van der Waals surface area contributed by atoms with Gasteiger partial charge in [0.15, 0.2) is 0 Å². The molecule has 0 fully saturated rings. The SMILES string of the molecule is Cc1cc(C)nc(-n2nc(-c3ccccc3)c3c2NC(=O)C[C@@H]3c2cccc(F)c2)n1. The molecule has 0 spiro atoms. The van der Waals surface area contributed by atoms with E-state index in [2.05, 4.69) is 15.3 Å². The molecule has 0 aliphatic carbocycles. The Bertz CT molecular complexity index is 1280. The number of hydrogen-bond donors (Lipinski definition) is 1. The Hall–Kier alpha value is -3.87. The summed E-state index contributed by atoms with van der Waals surface area (Å²) in [4.78, 5) is 21.7. The average molecular weight is 413 g/mol. The number of fused-ring (bicyclic) bond motifs is 1. The van der Waals surface area contributed by atoms with Gasteiger partial charge in [0.2, 0.25) is 5.91 Å². The first-order valence-electron chi connectivity index (χ1n) is 10.1. The molecule has 5 rings (SSSR count). The number of anilines is 1. The molecule has 2 aromatic heterocycles. The van der Waals surface area contributed by atoms with E-state index in [4.69, 9.17) is 5.10 Å². The van der Waals surface area contributed by atoms with Crippen LogP contribution in [0.15, 0.2) is 60.7 Å². The number of carbonyl (C=O) groups excluding carboxylic acids is 1. The predicted octanol–water partition coefficient (Wildman–Crippen LogP) is 4.56. The molecule has 3 heterocycles. The number of aryl methyl sites for hydroxylation is 2. The summed E-state index contributed by atoms with van der Waals surface area (Å²) in [6.07, 6.45) is 0.204. The molecule has 0 bridgehead atoms. The lowest BCUT2D eigenvalue weighted by Crippen LogP contribution is -2.25. The van der Waals surface area contributed by atoms with Gasteiger partial charge in [0.25, 0.3) is 5.95 Å². The second-order valence-electron chi connectivity index (χ2n) is 7.70. The zero-order chi connectivity index (χ0) is 21.5. The van der Waals surface area contributed by atoms with Crippen molar-refractivity contribution in [3.63, 3.8) is 0 Å². The van der Waals surface area contributed by atoms with Crippen molar-refractivity contribution in [3.8, 4) is 17.2 Å². The van der Waals surface area contributed by atoms with Crippen LogP contribution >= 0.6 is 0 Å². The summed E-state index contributed by atoms with van der Waals surface area (Å²) in [5.74, 6) is 0.0722. The number of nitrogens with zero attached hydrogens (tertiary/aromatic N) is 4. The summed E-state index contributed by atoms with van der Waals surface area (Å²) in [7, 11) is 0. The van der Waals surface area contributed by atoms with Crippen LogP contribution in [0.25, 0.3) is 17.2 Å². The minimum Gasteiger partial charge on any atom is -0.310 e. The van der Waals surface area contributed by atoms with E-state index in [0.29, 0.717) is 17.5 Å². The van der Waals surface area contributed by atoms with Crippen molar-refractivity contribution in [2.45, 2.75) is 26.2 Å². The summed E-state index contributed by atoms with van der Waals surface area (Å²) >= 11 is 0. The van der Waals surface area contributed by atoms with Gasteiger partial charge in [0, 0.05) is 34.9 Å². The summed E-state index contributed by atoms with van der Waals surface area (Å²) in [6, 6.07) is 18.0. The van der Waals surface area contributed by atoms with E-state index in [1.54, 1.807) is 10.7 Å². The quantitative estimate of drug-likeness (QED) is 0.534. The zero-order valence-electron chi connectivity index (χ0n) is 17.1. The van der Waals surface area contributed by atoms with Crippen LogP contribution in [-0.2, 0) is 4.79 Å². The van der Waals surface area contributed by atoms with E-state index in [1.165, 1.54) is 12.1 Å². The van der Waals surface area contributed by atoms with Crippen LogP contribution in [0.2, 0.25) is 0 Å². The third kappa shape index (κ3) is 3.48. The van der Waals surface area contributed by atoms with Gasteiger partial charge < -0.3 is 5.32 Å². The molecule has 4 aromatic rings. The smallest absolute Gasteiger partial charge is 0.252 e. The lowest BCUT2D eigenvalue weighted by molar-refractivity contribution is -0.116. The van der Waals surface area contributed by atoms with Crippen LogP contribution in [0, 0.1) is 19.7 Å². The Morgan fingerprint density at radius 2 is 1.74 bits per heavy atom. The molecule has 2 aromatic carbocycles. The summed E-state index contributed by atoms with van der Waals surface area (Å²) in [5.41, 5.74) is 4.79. The molecule has 0 saturated carbocycles. The Morgan fingerprint density at radius 3 is 2.45 bits per heavy atom. The molecule has 0 saturated heterocycles. The topological polar surface area (TPSA) is 72.7 Å². The van der Waals surface area contributed by atoms with E-state index in [1.807, 2.05) is 56.3 Å². The van der Waals surface area contributed by atoms with Crippen LogP contribution in [0.3, 0.4) is 0 Å². The maximum absolute atomic E-state index is 14.0. The van der Waals surface area contributed by atoms with E-state index in [9.17, 15) is 9.18 Å². The Kier molecular flexibility index (Phi) is 4.58. The molecule has 31 heavy (non-hydrogen) atoms. The maximum atomic E-state index is 14.0.